The van der Waals surface area contributed by atoms with Gasteiger partial charge >= 0.3 is 5.97 Å². The van der Waals surface area contributed by atoms with Gasteiger partial charge in [0.2, 0.25) is 0 Å². The zero-order valence-corrected chi connectivity index (χ0v) is 14.0. The summed E-state index contributed by atoms with van der Waals surface area (Å²) >= 11 is 3.53. The van der Waals surface area contributed by atoms with Crippen LogP contribution in [0.5, 0.6) is 5.75 Å². The van der Waals surface area contributed by atoms with Crippen LogP contribution in [0.15, 0.2) is 22.7 Å². The number of benzene rings is 1. The molecule has 5 heteroatoms. The summed E-state index contributed by atoms with van der Waals surface area (Å²) in [7, 11) is 1.37. The molecule has 112 valence electrons. The average molecular weight is 344 g/mol. The summed E-state index contributed by atoms with van der Waals surface area (Å²) < 4.78 is 11.2. The molecule has 0 fully saturated rings. The molecule has 1 aromatic carbocycles. The summed E-state index contributed by atoms with van der Waals surface area (Å²) in [6.07, 6.45) is 0.252. The van der Waals surface area contributed by atoms with Gasteiger partial charge in [0.25, 0.3) is 0 Å². The SMILES string of the molecule is COC(=O)CCOc1ccc(Br)c(CNC(C)(C)C)c1. The van der Waals surface area contributed by atoms with Crippen LogP contribution in [-0.4, -0.2) is 25.2 Å². The molecule has 0 unspecified atom stereocenters. The van der Waals surface area contributed by atoms with Gasteiger partial charge in [0.15, 0.2) is 0 Å². The molecule has 0 aliphatic carbocycles. The van der Waals surface area contributed by atoms with Gasteiger partial charge in [-0.3, -0.25) is 4.79 Å². The maximum absolute atomic E-state index is 11.0. The van der Waals surface area contributed by atoms with Crippen molar-refractivity contribution in [3.05, 3.63) is 28.2 Å². The van der Waals surface area contributed by atoms with Gasteiger partial charge < -0.3 is 14.8 Å². The molecule has 0 radical (unpaired) electrons. The molecule has 0 saturated heterocycles. The first kappa shape index (κ1) is 17.0. The maximum atomic E-state index is 11.0. The Balaban J connectivity index is 2.59. The lowest BCUT2D eigenvalue weighted by atomic mass is 10.1. The molecule has 0 heterocycles. The lowest BCUT2D eigenvalue weighted by Gasteiger charge is -2.21. The minimum atomic E-state index is -0.267. The molecule has 0 spiro atoms. The van der Waals surface area contributed by atoms with Crippen LogP contribution < -0.4 is 10.1 Å². The summed E-state index contributed by atoms with van der Waals surface area (Å²) in [5, 5.41) is 3.43. The lowest BCUT2D eigenvalue weighted by molar-refractivity contribution is -0.141. The van der Waals surface area contributed by atoms with Crippen molar-refractivity contribution in [2.45, 2.75) is 39.3 Å². The average Bonchev–Trinajstić information content (AvgIpc) is 2.38. The number of hydrogen-bond acceptors (Lipinski definition) is 4. The van der Waals surface area contributed by atoms with E-state index in [9.17, 15) is 4.79 Å². The molecule has 0 aliphatic rings. The number of rotatable bonds is 6. The third-order valence-corrected chi connectivity index (χ3v) is 3.40. The number of ether oxygens (including phenoxy) is 2. The standard InChI is InChI=1S/C15H22BrNO3/c1-15(2,3)17-10-11-9-12(5-6-13(11)16)20-8-7-14(18)19-4/h5-6,9,17H,7-8,10H2,1-4H3. The summed E-state index contributed by atoms with van der Waals surface area (Å²) in [5.41, 5.74) is 1.18. The molecular formula is C15H22BrNO3. The fraction of sp³-hybridized carbons (Fsp3) is 0.533. The molecule has 0 saturated carbocycles. The van der Waals surface area contributed by atoms with E-state index >= 15 is 0 Å². The van der Waals surface area contributed by atoms with E-state index in [4.69, 9.17) is 4.74 Å². The van der Waals surface area contributed by atoms with Crippen molar-refractivity contribution in [3.8, 4) is 5.75 Å². The van der Waals surface area contributed by atoms with E-state index < -0.39 is 0 Å². The fourth-order valence-corrected chi connectivity index (χ4v) is 1.88. The Hall–Kier alpha value is -1.07. The van der Waals surface area contributed by atoms with Crippen molar-refractivity contribution in [2.24, 2.45) is 0 Å². The minimum absolute atomic E-state index is 0.0567. The second-order valence-electron chi connectivity index (χ2n) is 5.53. The van der Waals surface area contributed by atoms with E-state index in [0.29, 0.717) is 6.61 Å². The second kappa shape index (κ2) is 7.64. The second-order valence-corrected chi connectivity index (χ2v) is 6.39. The van der Waals surface area contributed by atoms with Crippen molar-refractivity contribution in [1.82, 2.24) is 5.32 Å². The third kappa shape index (κ3) is 6.39. The van der Waals surface area contributed by atoms with Gasteiger partial charge in [0, 0.05) is 16.6 Å². The van der Waals surface area contributed by atoms with Crippen molar-refractivity contribution >= 4 is 21.9 Å². The summed E-state index contributed by atoms with van der Waals surface area (Å²) in [6.45, 7) is 7.44. The van der Waals surface area contributed by atoms with Crippen LogP contribution in [-0.2, 0) is 16.1 Å². The molecule has 1 rings (SSSR count). The van der Waals surface area contributed by atoms with Crippen molar-refractivity contribution < 1.29 is 14.3 Å². The molecule has 1 N–H and O–H groups in total. The maximum Gasteiger partial charge on any atom is 0.308 e. The predicted molar refractivity (Wildman–Crippen MR) is 82.9 cm³/mol. The zero-order chi connectivity index (χ0) is 15.2. The Morgan fingerprint density at radius 2 is 2.05 bits per heavy atom. The summed E-state index contributed by atoms with van der Waals surface area (Å²) in [5.74, 6) is 0.486. The minimum Gasteiger partial charge on any atom is -0.493 e. The number of methoxy groups -OCH3 is 1. The van der Waals surface area contributed by atoms with Crippen LogP contribution in [0.3, 0.4) is 0 Å². The zero-order valence-electron chi connectivity index (χ0n) is 12.5. The topological polar surface area (TPSA) is 47.6 Å². The van der Waals surface area contributed by atoms with Gasteiger partial charge in [-0.15, -0.1) is 0 Å². The highest BCUT2D eigenvalue weighted by atomic mass is 79.9. The van der Waals surface area contributed by atoms with Crippen molar-refractivity contribution in [1.29, 1.82) is 0 Å². The molecule has 20 heavy (non-hydrogen) atoms. The Bertz CT molecular complexity index is 455. The fourth-order valence-electron chi connectivity index (χ4n) is 1.49. The van der Waals surface area contributed by atoms with E-state index in [-0.39, 0.29) is 17.9 Å². The quantitative estimate of drug-likeness (QED) is 0.805. The van der Waals surface area contributed by atoms with Gasteiger partial charge in [-0.2, -0.15) is 0 Å². The summed E-state index contributed by atoms with van der Waals surface area (Å²) in [6, 6.07) is 5.80. The molecule has 0 bridgehead atoms. The van der Waals surface area contributed by atoms with E-state index in [2.05, 4.69) is 46.8 Å². The molecule has 0 aromatic heterocycles. The molecule has 1 aromatic rings. The van der Waals surface area contributed by atoms with Crippen LogP contribution in [0.25, 0.3) is 0 Å². The Morgan fingerprint density at radius 1 is 1.35 bits per heavy atom. The Labute approximate surface area is 129 Å². The normalized spacial score (nSPS) is 11.2. The van der Waals surface area contributed by atoms with Crippen LogP contribution in [0.1, 0.15) is 32.8 Å². The van der Waals surface area contributed by atoms with Crippen LogP contribution in [0.2, 0.25) is 0 Å². The van der Waals surface area contributed by atoms with E-state index in [0.717, 1.165) is 22.3 Å². The molecule has 4 nitrogen and oxygen atoms in total. The monoisotopic (exact) mass is 343 g/mol. The lowest BCUT2D eigenvalue weighted by Crippen LogP contribution is -2.35. The summed E-state index contributed by atoms with van der Waals surface area (Å²) in [4.78, 5) is 11.0. The van der Waals surface area contributed by atoms with Crippen molar-refractivity contribution in [3.63, 3.8) is 0 Å². The van der Waals surface area contributed by atoms with Gasteiger partial charge in [-0.1, -0.05) is 15.9 Å². The number of esters is 1. The van der Waals surface area contributed by atoms with Crippen LogP contribution in [0, 0.1) is 0 Å². The number of hydrogen-bond donors (Lipinski definition) is 1. The smallest absolute Gasteiger partial charge is 0.308 e. The number of nitrogens with one attached hydrogen (secondary N) is 1. The highest BCUT2D eigenvalue weighted by Crippen LogP contribution is 2.23. The largest absolute Gasteiger partial charge is 0.493 e. The van der Waals surface area contributed by atoms with Crippen molar-refractivity contribution in [2.75, 3.05) is 13.7 Å². The Morgan fingerprint density at radius 3 is 2.65 bits per heavy atom. The first-order chi connectivity index (χ1) is 9.31. The predicted octanol–water partition coefficient (Wildman–Crippen LogP) is 3.28. The van der Waals surface area contributed by atoms with Gasteiger partial charge in [0.1, 0.15) is 5.75 Å². The first-order valence-corrected chi connectivity index (χ1v) is 7.34. The van der Waals surface area contributed by atoms with E-state index in [1.54, 1.807) is 0 Å². The third-order valence-electron chi connectivity index (χ3n) is 2.63. The van der Waals surface area contributed by atoms with Gasteiger partial charge in [-0.05, 0) is 44.5 Å². The highest BCUT2D eigenvalue weighted by molar-refractivity contribution is 9.10. The number of carbonyl (C=O) groups is 1. The number of halogens is 1. The van der Waals surface area contributed by atoms with E-state index in [1.807, 2.05) is 18.2 Å². The van der Waals surface area contributed by atoms with Crippen LogP contribution in [0.4, 0.5) is 0 Å². The van der Waals surface area contributed by atoms with Gasteiger partial charge in [-0.25, -0.2) is 0 Å². The number of carbonyl (C=O) groups excluding carboxylic acids is 1. The Kier molecular flexibility index (Phi) is 6.49. The molecule has 0 atom stereocenters. The van der Waals surface area contributed by atoms with Crippen LogP contribution >= 0.6 is 15.9 Å². The molecular weight excluding hydrogens is 322 g/mol. The van der Waals surface area contributed by atoms with Gasteiger partial charge in [0.05, 0.1) is 20.1 Å². The molecule has 0 aliphatic heterocycles. The first-order valence-electron chi connectivity index (χ1n) is 6.55. The highest BCUT2D eigenvalue weighted by Gasteiger charge is 2.10. The van der Waals surface area contributed by atoms with E-state index in [1.165, 1.54) is 7.11 Å². The molecule has 0 amide bonds.